The molecule has 9 rings (SSSR count). The molecular weight excluding hydrogens is 732 g/mol. The second-order valence-corrected chi connectivity index (χ2v) is 18.2. The summed E-state index contributed by atoms with van der Waals surface area (Å²) in [6.07, 6.45) is 14.3. The van der Waals surface area contributed by atoms with E-state index in [0.717, 1.165) is 32.1 Å². The number of imidazole rings is 1. The molecule has 4 N–H and O–H groups in total. The van der Waals surface area contributed by atoms with Gasteiger partial charge in [0.25, 0.3) is 0 Å². The predicted molar refractivity (Wildman–Crippen MR) is 193 cm³/mol. The highest BCUT2D eigenvalue weighted by Crippen LogP contribution is 2.75. The van der Waals surface area contributed by atoms with Gasteiger partial charge in [-0.15, -0.1) is 0 Å². The van der Waals surface area contributed by atoms with Crippen molar-refractivity contribution in [2.45, 2.75) is 119 Å². The first-order valence-corrected chi connectivity index (χ1v) is 21.2. The number of phosphoric acid groups is 1. The van der Waals surface area contributed by atoms with Crippen molar-refractivity contribution < 1.29 is 56.7 Å². The fourth-order valence-electron chi connectivity index (χ4n) is 11.8. The first-order valence-electron chi connectivity index (χ1n) is 19.6. The van der Waals surface area contributed by atoms with Gasteiger partial charge in [0.05, 0.1) is 18.3 Å². The van der Waals surface area contributed by atoms with E-state index in [4.69, 9.17) is 18.7 Å². The molecule has 15 heteroatoms. The zero-order valence-corrected chi connectivity index (χ0v) is 32.0. The van der Waals surface area contributed by atoms with Gasteiger partial charge in [0, 0.05) is 29.4 Å². The number of hydrogen-bond acceptors (Lipinski definition) is 9. The molecule has 5 aliphatic carbocycles. The Bertz CT molecular complexity index is 2010. The van der Waals surface area contributed by atoms with E-state index in [-0.39, 0.29) is 55.2 Å². The molecule has 1 aromatic carbocycles. The molecule has 296 valence electrons. The van der Waals surface area contributed by atoms with E-state index in [0.29, 0.717) is 36.0 Å². The number of ether oxygens (including phenoxy) is 3. The van der Waals surface area contributed by atoms with E-state index in [1.165, 1.54) is 18.2 Å². The number of nitrogens with zero attached hydrogens (tertiary/aromatic N) is 2. The maximum Gasteiger partial charge on any atom is 0.524 e. The summed E-state index contributed by atoms with van der Waals surface area (Å²) in [5.74, 6) is -0.766. The fraction of sp³-hybridized carbons (Fsp3) is 0.625. The fourth-order valence-corrected chi connectivity index (χ4v) is 12.2. The number of alkyl halides is 1. The van der Waals surface area contributed by atoms with Gasteiger partial charge in [-0.1, -0.05) is 32.3 Å². The van der Waals surface area contributed by atoms with Crippen molar-refractivity contribution in [2.24, 2.45) is 23.2 Å². The third kappa shape index (κ3) is 5.65. The zero-order valence-electron chi connectivity index (χ0n) is 31.1. The van der Waals surface area contributed by atoms with Crippen molar-refractivity contribution in [1.82, 2.24) is 9.88 Å². The number of halogens is 1. The number of hydrogen-bond donors (Lipinski definition) is 4. The summed E-state index contributed by atoms with van der Waals surface area (Å²) in [5, 5.41) is 13.5. The summed E-state index contributed by atoms with van der Waals surface area (Å²) in [6, 6.07) is 4.63. The normalized spacial score (nSPS) is 38.3. The van der Waals surface area contributed by atoms with Gasteiger partial charge in [0.1, 0.15) is 30.3 Å². The van der Waals surface area contributed by atoms with Crippen molar-refractivity contribution in [3.05, 3.63) is 71.8 Å². The van der Waals surface area contributed by atoms with Gasteiger partial charge in [-0.3, -0.25) is 19.4 Å². The molecule has 0 radical (unpaired) electrons. The number of fused-ring (bicyclic) bond motifs is 4. The molecule has 0 bridgehead atoms. The summed E-state index contributed by atoms with van der Waals surface area (Å²) in [4.78, 5) is 46.6. The summed E-state index contributed by atoms with van der Waals surface area (Å²) in [7, 11) is -3.17. The van der Waals surface area contributed by atoms with E-state index < -0.39 is 60.6 Å². The molecule has 13 nitrogen and oxygen atoms in total. The minimum Gasteiger partial charge on any atom is -0.404 e. The second-order valence-electron chi connectivity index (χ2n) is 17.1. The van der Waals surface area contributed by atoms with Crippen molar-refractivity contribution in [3.8, 4) is 5.75 Å². The number of aliphatic hydroxyl groups is 1. The Morgan fingerprint density at radius 1 is 1.16 bits per heavy atom. The van der Waals surface area contributed by atoms with Crippen LogP contribution in [0.25, 0.3) is 0 Å². The number of carbonyl (C=O) groups excluding carboxylic acids is 2. The first kappa shape index (κ1) is 37.5. The number of ketones is 2. The van der Waals surface area contributed by atoms with Gasteiger partial charge < -0.3 is 29.2 Å². The SMILES string of the molecule is CNCC(O)c1ccc(OP(=O)(O)O)c(C[n+]2ccn(CC(=O)[C@@]34O[C@H](C5CCCCC5)O[C@@H]3C[C@H]3[C@@H]5CCC6=CC(=O)C=C[C@@]67O[C@@H](C[C@@]34C)[C@@]57F)c2)c1. The van der Waals surface area contributed by atoms with Crippen molar-refractivity contribution in [1.29, 1.82) is 0 Å². The predicted octanol–water partition coefficient (Wildman–Crippen LogP) is 3.93. The highest BCUT2D eigenvalue weighted by Gasteiger charge is 2.84. The van der Waals surface area contributed by atoms with Crippen molar-refractivity contribution in [3.63, 3.8) is 0 Å². The monoisotopic (exact) mass is 782 g/mol. The Morgan fingerprint density at radius 2 is 1.96 bits per heavy atom. The minimum absolute atomic E-state index is 0.0242. The number of likely N-dealkylation sites (N-methyl/N-ethyl adjacent to an activating group) is 1. The zero-order chi connectivity index (χ0) is 38.5. The van der Waals surface area contributed by atoms with E-state index in [2.05, 4.69) is 12.2 Å². The molecule has 1 unspecified atom stereocenters. The number of carbonyl (C=O) groups is 2. The van der Waals surface area contributed by atoms with Gasteiger partial charge in [-0.05, 0) is 93.0 Å². The molecule has 2 aliphatic heterocycles. The molecule has 7 aliphatic rings. The number of rotatable bonds is 11. The van der Waals surface area contributed by atoms with Crippen LogP contribution in [-0.4, -0.2) is 80.0 Å². The number of aromatic nitrogens is 2. The van der Waals surface area contributed by atoms with Crippen LogP contribution < -0.4 is 14.4 Å². The largest absolute Gasteiger partial charge is 0.524 e. The van der Waals surface area contributed by atoms with Crippen molar-refractivity contribution in [2.75, 3.05) is 13.6 Å². The Balaban J connectivity index is 1.02. The van der Waals surface area contributed by atoms with Gasteiger partial charge in [-0.2, -0.15) is 0 Å². The van der Waals surface area contributed by atoms with Crippen LogP contribution >= 0.6 is 7.82 Å². The molecule has 0 amide bonds. The van der Waals surface area contributed by atoms with Gasteiger partial charge >= 0.3 is 7.82 Å². The van der Waals surface area contributed by atoms with Crippen LogP contribution in [0.2, 0.25) is 0 Å². The Morgan fingerprint density at radius 3 is 2.73 bits per heavy atom. The van der Waals surface area contributed by atoms with E-state index in [1.54, 1.807) is 53.1 Å². The van der Waals surface area contributed by atoms with Crippen LogP contribution in [0.15, 0.2) is 60.7 Å². The smallest absolute Gasteiger partial charge is 0.404 e. The molecular formula is C40H50FN3O10P+. The molecule has 2 saturated heterocycles. The lowest BCUT2D eigenvalue weighted by molar-refractivity contribution is -0.687. The first-order chi connectivity index (χ1) is 26.2. The summed E-state index contributed by atoms with van der Waals surface area (Å²) in [5.41, 5.74) is -3.38. The van der Waals surface area contributed by atoms with Crippen LogP contribution in [0.5, 0.6) is 5.75 Å². The molecule has 1 spiro atoms. The summed E-state index contributed by atoms with van der Waals surface area (Å²) in [6.45, 7) is 2.44. The quantitative estimate of drug-likeness (QED) is 0.193. The lowest BCUT2D eigenvalue weighted by Gasteiger charge is -2.70. The van der Waals surface area contributed by atoms with Crippen LogP contribution in [0, 0.1) is 23.2 Å². The third-order valence-electron chi connectivity index (χ3n) is 14.1. The van der Waals surface area contributed by atoms with E-state index >= 15 is 9.18 Å². The van der Waals surface area contributed by atoms with Crippen molar-refractivity contribution >= 4 is 19.4 Å². The number of benzene rings is 1. The highest BCUT2D eigenvalue weighted by molar-refractivity contribution is 7.46. The number of allylic oxidation sites excluding steroid dienone is 2. The maximum atomic E-state index is 17.8. The lowest BCUT2D eigenvalue weighted by Crippen LogP contribution is -2.81. The summed E-state index contributed by atoms with van der Waals surface area (Å²) >= 11 is 0. The standard InChI is InChI=1S/C40H49FN3O10P/c1-37-19-35-39(41)29(10-9-27-17-28(45)12-13-38(27,39)52-35)30(37)18-34-40(37,53-36(51-34)24-6-4-3-5-7-24)33(47)22-44-15-14-43(23-44)21-26-16-25(31(46)20-42-2)8-11-32(26)54-55(48,49)50/h8,11-17,23-24,29-31,34-36,42,46H,3-7,9-10,18-22H2,1-2H3,(H-,48,49,50)/p+1/t29-,30-,31?,34+,35-,36+,37-,38+,39-,40+/m0/s1. The Kier molecular flexibility index (Phi) is 9.03. The number of aliphatic hydroxyl groups excluding tert-OH is 1. The number of Topliss-reactive ketones (excluding diaryl/α,β-unsaturated/α-hetero) is 1. The number of nitrogens with one attached hydrogen (secondary N) is 1. The maximum absolute atomic E-state index is 17.8. The van der Waals surface area contributed by atoms with Gasteiger partial charge in [0.2, 0.25) is 12.1 Å². The lowest BCUT2D eigenvalue weighted by atomic mass is 9.44. The van der Waals surface area contributed by atoms with Gasteiger partial charge in [0.15, 0.2) is 29.9 Å². The van der Waals surface area contributed by atoms with E-state index in [1.807, 2.05) is 0 Å². The average Bonchev–Trinajstić information content (AvgIpc) is 3.82. The molecule has 3 heterocycles. The van der Waals surface area contributed by atoms with Crippen LogP contribution in [0.4, 0.5) is 4.39 Å². The molecule has 10 atom stereocenters. The third-order valence-corrected chi connectivity index (χ3v) is 14.6. The Labute approximate surface area is 319 Å². The van der Waals surface area contributed by atoms with E-state index in [9.17, 15) is 24.3 Å². The highest BCUT2D eigenvalue weighted by atomic mass is 31.2. The molecule has 55 heavy (non-hydrogen) atoms. The van der Waals surface area contributed by atoms with Crippen LogP contribution in [-0.2, 0) is 41.5 Å². The topological polar surface area (TPSA) is 170 Å². The molecule has 1 aromatic heterocycles. The summed E-state index contributed by atoms with van der Waals surface area (Å²) < 4.78 is 58.5. The molecule has 2 aromatic rings. The molecule has 6 fully saturated rings. The number of phosphoric ester groups is 1. The Hall–Kier alpha value is -3.07. The average molecular weight is 783 g/mol. The van der Waals surface area contributed by atoms with Gasteiger partial charge in [-0.25, -0.2) is 18.1 Å². The second kappa shape index (κ2) is 13.2. The minimum atomic E-state index is -4.88. The molecule has 4 saturated carbocycles. The van der Waals surface area contributed by atoms with Crippen LogP contribution in [0.1, 0.15) is 81.9 Å². The van der Waals surface area contributed by atoms with Crippen LogP contribution in [0.3, 0.4) is 0 Å².